The summed E-state index contributed by atoms with van der Waals surface area (Å²) in [6.07, 6.45) is 5.71. The molecule has 0 unspecified atom stereocenters. The lowest BCUT2D eigenvalue weighted by Gasteiger charge is -2.11. The molecule has 30 heavy (non-hydrogen) atoms. The number of halogens is 1. The van der Waals surface area contributed by atoms with Crippen molar-refractivity contribution in [1.29, 1.82) is 5.26 Å². The smallest absolute Gasteiger partial charge is 0.269 e. The minimum absolute atomic E-state index is 0.0368. The van der Waals surface area contributed by atoms with E-state index in [1.54, 1.807) is 30.3 Å². The van der Waals surface area contributed by atoms with Crippen molar-refractivity contribution < 1.29 is 14.5 Å². The quantitative estimate of drug-likeness (QED) is 0.188. The molecule has 2 aromatic rings. The van der Waals surface area contributed by atoms with E-state index < -0.39 is 4.92 Å². The molecular weight excluding hydrogens is 497 g/mol. The Balaban J connectivity index is 1.64. The second-order valence-electron chi connectivity index (χ2n) is 7.03. The number of carbonyl (C=O) groups excluding carboxylic acids is 1. The SMILES string of the molecule is N#C/C(=C/c1ccc(OCc2ccc([N+](=O)[O-])cc2)c(I)c1)C(=O)NC1CCCC1. The van der Waals surface area contributed by atoms with Crippen LogP contribution in [0.25, 0.3) is 6.08 Å². The van der Waals surface area contributed by atoms with Crippen molar-refractivity contribution >= 4 is 40.3 Å². The summed E-state index contributed by atoms with van der Waals surface area (Å²) in [4.78, 5) is 22.6. The molecule has 1 aliphatic carbocycles. The van der Waals surface area contributed by atoms with Gasteiger partial charge in [0.2, 0.25) is 0 Å². The fourth-order valence-corrected chi connectivity index (χ4v) is 3.94. The highest BCUT2D eigenvalue weighted by Crippen LogP contribution is 2.25. The van der Waals surface area contributed by atoms with Crippen molar-refractivity contribution in [3.63, 3.8) is 0 Å². The third-order valence-corrected chi connectivity index (χ3v) is 5.71. The highest BCUT2D eigenvalue weighted by atomic mass is 127. The summed E-state index contributed by atoms with van der Waals surface area (Å²) in [6, 6.07) is 13.7. The average Bonchev–Trinajstić information content (AvgIpc) is 3.24. The van der Waals surface area contributed by atoms with E-state index in [2.05, 4.69) is 27.9 Å². The number of carbonyl (C=O) groups is 1. The number of nitrogens with zero attached hydrogens (tertiary/aromatic N) is 2. The van der Waals surface area contributed by atoms with Gasteiger partial charge in [0.05, 0.1) is 8.49 Å². The van der Waals surface area contributed by atoms with Gasteiger partial charge in [-0.15, -0.1) is 0 Å². The molecule has 0 saturated heterocycles. The molecule has 0 bridgehead atoms. The van der Waals surface area contributed by atoms with Gasteiger partial charge in [-0.3, -0.25) is 14.9 Å². The molecule has 7 nitrogen and oxygen atoms in total. The third kappa shape index (κ3) is 5.79. The van der Waals surface area contributed by atoms with Gasteiger partial charge in [0.25, 0.3) is 11.6 Å². The number of non-ortho nitro benzene ring substituents is 1. The number of amides is 1. The number of nitro benzene ring substituents is 1. The Bertz CT molecular complexity index is 1010. The summed E-state index contributed by atoms with van der Waals surface area (Å²) >= 11 is 2.13. The number of nitrogens with one attached hydrogen (secondary N) is 1. The molecule has 0 aromatic heterocycles. The minimum Gasteiger partial charge on any atom is -0.488 e. The van der Waals surface area contributed by atoms with Gasteiger partial charge < -0.3 is 10.1 Å². The van der Waals surface area contributed by atoms with E-state index in [0.717, 1.165) is 40.4 Å². The molecule has 154 valence electrons. The van der Waals surface area contributed by atoms with Crippen LogP contribution in [0.4, 0.5) is 5.69 Å². The molecular formula is C22H20IN3O4. The Morgan fingerprint density at radius 2 is 1.97 bits per heavy atom. The van der Waals surface area contributed by atoms with Gasteiger partial charge in [0.1, 0.15) is 24.0 Å². The van der Waals surface area contributed by atoms with Crippen molar-refractivity contribution in [1.82, 2.24) is 5.32 Å². The van der Waals surface area contributed by atoms with Crippen LogP contribution in [0.5, 0.6) is 5.75 Å². The lowest BCUT2D eigenvalue weighted by atomic mass is 10.1. The molecule has 0 atom stereocenters. The summed E-state index contributed by atoms with van der Waals surface area (Å²) in [6.45, 7) is 0.274. The van der Waals surface area contributed by atoms with E-state index in [1.165, 1.54) is 12.1 Å². The lowest BCUT2D eigenvalue weighted by molar-refractivity contribution is -0.384. The van der Waals surface area contributed by atoms with Crippen LogP contribution in [0.15, 0.2) is 48.0 Å². The summed E-state index contributed by atoms with van der Waals surface area (Å²) < 4.78 is 6.63. The molecule has 8 heteroatoms. The Morgan fingerprint density at radius 3 is 2.57 bits per heavy atom. The fraction of sp³-hybridized carbons (Fsp3) is 0.273. The number of hydrogen-bond donors (Lipinski definition) is 1. The number of hydrogen-bond acceptors (Lipinski definition) is 5. The number of nitriles is 1. The second-order valence-corrected chi connectivity index (χ2v) is 8.19. The van der Waals surface area contributed by atoms with Crippen LogP contribution in [0.3, 0.4) is 0 Å². The molecule has 1 saturated carbocycles. The van der Waals surface area contributed by atoms with Gasteiger partial charge in [0.15, 0.2) is 0 Å². The molecule has 0 aliphatic heterocycles. The summed E-state index contributed by atoms with van der Waals surface area (Å²) in [5.41, 5.74) is 1.67. The van der Waals surface area contributed by atoms with Gasteiger partial charge in [0, 0.05) is 18.2 Å². The number of nitro groups is 1. The zero-order valence-corrected chi connectivity index (χ0v) is 18.3. The van der Waals surface area contributed by atoms with E-state index in [0.29, 0.717) is 5.75 Å². The van der Waals surface area contributed by atoms with Crippen molar-refractivity contribution in [2.45, 2.75) is 38.3 Å². The van der Waals surface area contributed by atoms with Crippen LogP contribution in [-0.4, -0.2) is 16.9 Å². The molecule has 1 N–H and O–H groups in total. The van der Waals surface area contributed by atoms with Gasteiger partial charge in [-0.05, 0) is 76.9 Å². The monoisotopic (exact) mass is 517 g/mol. The van der Waals surface area contributed by atoms with Crippen LogP contribution in [0.1, 0.15) is 36.8 Å². The maximum Gasteiger partial charge on any atom is 0.269 e. The fourth-order valence-electron chi connectivity index (χ4n) is 3.25. The third-order valence-electron chi connectivity index (χ3n) is 4.86. The standard InChI is InChI=1S/C22H20IN3O4/c23-20-12-16(11-17(13-24)22(27)25-18-3-1-2-4-18)7-10-21(20)30-14-15-5-8-19(9-6-15)26(28)29/h5-12,18H,1-4,14H2,(H,25,27)/b17-11-. The van der Waals surface area contributed by atoms with Crippen LogP contribution in [-0.2, 0) is 11.4 Å². The maximum atomic E-state index is 12.3. The minimum atomic E-state index is -0.441. The van der Waals surface area contributed by atoms with Crippen LogP contribution >= 0.6 is 22.6 Å². The topological polar surface area (TPSA) is 105 Å². The summed E-state index contributed by atoms with van der Waals surface area (Å²) in [7, 11) is 0. The largest absolute Gasteiger partial charge is 0.488 e. The van der Waals surface area contributed by atoms with Crippen LogP contribution in [0, 0.1) is 25.0 Å². The van der Waals surface area contributed by atoms with Crippen molar-refractivity contribution in [2.24, 2.45) is 0 Å². The highest BCUT2D eigenvalue weighted by Gasteiger charge is 2.19. The summed E-state index contributed by atoms with van der Waals surface area (Å²) in [5.74, 6) is 0.318. The predicted molar refractivity (Wildman–Crippen MR) is 121 cm³/mol. The van der Waals surface area contributed by atoms with Crippen LogP contribution < -0.4 is 10.1 Å². The number of benzene rings is 2. The second kappa shape index (κ2) is 10.2. The van der Waals surface area contributed by atoms with Crippen molar-refractivity contribution in [3.8, 4) is 11.8 Å². The maximum absolute atomic E-state index is 12.3. The average molecular weight is 517 g/mol. The molecule has 2 aromatic carbocycles. The molecule has 3 rings (SSSR count). The molecule has 0 radical (unpaired) electrons. The van der Waals surface area contributed by atoms with E-state index in [1.807, 2.05) is 12.1 Å². The van der Waals surface area contributed by atoms with Crippen molar-refractivity contribution in [2.75, 3.05) is 0 Å². The van der Waals surface area contributed by atoms with E-state index in [4.69, 9.17) is 4.74 Å². The molecule has 1 aliphatic rings. The van der Waals surface area contributed by atoms with Crippen molar-refractivity contribution in [3.05, 3.63) is 72.8 Å². The highest BCUT2D eigenvalue weighted by molar-refractivity contribution is 14.1. The first-order valence-corrected chi connectivity index (χ1v) is 10.6. The molecule has 0 heterocycles. The van der Waals surface area contributed by atoms with E-state index in [9.17, 15) is 20.2 Å². The Morgan fingerprint density at radius 1 is 1.27 bits per heavy atom. The van der Waals surface area contributed by atoms with Gasteiger partial charge >= 0.3 is 0 Å². The zero-order chi connectivity index (χ0) is 21.5. The lowest BCUT2D eigenvalue weighted by Crippen LogP contribution is -2.33. The molecule has 1 fully saturated rings. The zero-order valence-electron chi connectivity index (χ0n) is 16.1. The number of ether oxygens (including phenoxy) is 1. The van der Waals surface area contributed by atoms with Gasteiger partial charge in [-0.2, -0.15) is 5.26 Å². The van der Waals surface area contributed by atoms with E-state index >= 15 is 0 Å². The number of rotatable bonds is 7. The predicted octanol–water partition coefficient (Wildman–Crippen LogP) is 4.74. The van der Waals surface area contributed by atoms with Gasteiger partial charge in [-0.1, -0.05) is 18.9 Å². The Kier molecular flexibility index (Phi) is 7.41. The Hall–Kier alpha value is -2.93. The van der Waals surface area contributed by atoms with E-state index in [-0.39, 0.29) is 29.8 Å². The first-order valence-electron chi connectivity index (χ1n) is 9.54. The summed E-state index contributed by atoms with van der Waals surface area (Å²) in [5, 5.41) is 23.0. The molecule has 0 spiro atoms. The van der Waals surface area contributed by atoms with Gasteiger partial charge in [-0.25, -0.2) is 0 Å². The Labute approximate surface area is 188 Å². The van der Waals surface area contributed by atoms with Crippen LogP contribution in [0.2, 0.25) is 0 Å². The first kappa shape index (κ1) is 21.8. The molecule has 1 amide bonds. The normalized spacial score (nSPS) is 14.2. The first-order chi connectivity index (χ1) is 14.5.